The normalized spacial score (nSPS) is 23.6. The molecule has 0 aliphatic heterocycles. The number of ketones is 1. The number of rotatable bonds is 3. The highest BCUT2D eigenvalue weighted by Crippen LogP contribution is 2.33. The van der Waals surface area contributed by atoms with Gasteiger partial charge < -0.3 is 5.11 Å². The standard InChI is InChI=1S/C13H13FO3/c14-11-3-1-2-8(7-11)12(15)9-4-5-10(6-9)13(16)17/h1-3,7,9-10H,4-6H2,(H,16,17). The van der Waals surface area contributed by atoms with Gasteiger partial charge in [0.05, 0.1) is 5.92 Å². The van der Waals surface area contributed by atoms with Crippen LogP contribution in [0.15, 0.2) is 24.3 Å². The van der Waals surface area contributed by atoms with Gasteiger partial charge in [-0.2, -0.15) is 0 Å². The smallest absolute Gasteiger partial charge is 0.306 e. The van der Waals surface area contributed by atoms with E-state index in [1.54, 1.807) is 6.07 Å². The first-order valence-electron chi connectivity index (χ1n) is 5.60. The van der Waals surface area contributed by atoms with Crippen LogP contribution in [0.2, 0.25) is 0 Å². The van der Waals surface area contributed by atoms with Crippen LogP contribution in [0.1, 0.15) is 29.6 Å². The van der Waals surface area contributed by atoms with E-state index in [9.17, 15) is 14.0 Å². The summed E-state index contributed by atoms with van der Waals surface area (Å²) in [4.78, 5) is 22.8. The summed E-state index contributed by atoms with van der Waals surface area (Å²) in [5.74, 6) is -2.15. The van der Waals surface area contributed by atoms with Crippen molar-refractivity contribution in [3.63, 3.8) is 0 Å². The Labute approximate surface area is 98.3 Å². The zero-order chi connectivity index (χ0) is 12.4. The summed E-state index contributed by atoms with van der Waals surface area (Å²) >= 11 is 0. The van der Waals surface area contributed by atoms with Crippen LogP contribution in [0.4, 0.5) is 4.39 Å². The van der Waals surface area contributed by atoms with Crippen LogP contribution >= 0.6 is 0 Å². The Morgan fingerprint density at radius 1 is 1.24 bits per heavy atom. The van der Waals surface area contributed by atoms with E-state index < -0.39 is 17.7 Å². The van der Waals surface area contributed by atoms with Gasteiger partial charge >= 0.3 is 5.97 Å². The fourth-order valence-corrected chi connectivity index (χ4v) is 2.32. The molecule has 1 aliphatic rings. The molecule has 3 nitrogen and oxygen atoms in total. The molecule has 2 unspecified atom stereocenters. The summed E-state index contributed by atoms with van der Waals surface area (Å²) in [5, 5.41) is 8.86. The Hall–Kier alpha value is -1.71. The molecule has 0 aromatic heterocycles. The van der Waals surface area contributed by atoms with Crippen LogP contribution in [0.25, 0.3) is 0 Å². The summed E-state index contributed by atoms with van der Waals surface area (Å²) in [5.41, 5.74) is 0.334. The number of carbonyl (C=O) groups excluding carboxylic acids is 1. The van der Waals surface area contributed by atoms with Crippen LogP contribution < -0.4 is 0 Å². The number of carboxylic acid groups (broad SMARTS) is 1. The highest BCUT2D eigenvalue weighted by atomic mass is 19.1. The molecule has 17 heavy (non-hydrogen) atoms. The molecule has 1 saturated carbocycles. The Bertz CT molecular complexity index is 456. The lowest BCUT2D eigenvalue weighted by Crippen LogP contribution is -2.14. The fourth-order valence-electron chi connectivity index (χ4n) is 2.32. The molecule has 0 heterocycles. The number of carbonyl (C=O) groups is 2. The first-order valence-corrected chi connectivity index (χ1v) is 5.60. The van der Waals surface area contributed by atoms with Crippen molar-refractivity contribution < 1.29 is 19.1 Å². The molecule has 0 amide bonds. The first-order chi connectivity index (χ1) is 8.08. The zero-order valence-electron chi connectivity index (χ0n) is 9.23. The van der Waals surface area contributed by atoms with E-state index in [1.807, 2.05) is 0 Å². The van der Waals surface area contributed by atoms with Crippen LogP contribution in [-0.2, 0) is 4.79 Å². The van der Waals surface area contributed by atoms with E-state index in [1.165, 1.54) is 18.2 Å². The Kier molecular flexibility index (Phi) is 3.22. The fraction of sp³-hybridized carbons (Fsp3) is 0.385. The molecule has 1 N–H and O–H groups in total. The number of halogens is 1. The summed E-state index contributed by atoms with van der Waals surface area (Å²) in [6.07, 6.45) is 1.47. The van der Waals surface area contributed by atoms with Gasteiger partial charge in [-0.3, -0.25) is 9.59 Å². The van der Waals surface area contributed by atoms with E-state index in [2.05, 4.69) is 0 Å². The molecule has 0 bridgehead atoms. The van der Waals surface area contributed by atoms with E-state index in [-0.39, 0.29) is 11.7 Å². The third-order valence-electron chi connectivity index (χ3n) is 3.26. The molecule has 0 spiro atoms. The van der Waals surface area contributed by atoms with E-state index >= 15 is 0 Å². The van der Waals surface area contributed by atoms with Crippen molar-refractivity contribution >= 4 is 11.8 Å². The lowest BCUT2D eigenvalue weighted by atomic mass is 9.95. The van der Waals surface area contributed by atoms with Gasteiger partial charge in [-0.05, 0) is 31.4 Å². The van der Waals surface area contributed by atoms with Crippen molar-refractivity contribution in [1.29, 1.82) is 0 Å². The topological polar surface area (TPSA) is 54.4 Å². The Balaban J connectivity index is 2.09. The van der Waals surface area contributed by atoms with Gasteiger partial charge in [0.2, 0.25) is 0 Å². The summed E-state index contributed by atoms with van der Waals surface area (Å²) in [6, 6.07) is 5.55. The second kappa shape index (κ2) is 4.65. The molecule has 1 fully saturated rings. The number of hydrogen-bond acceptors (Lipinski definition) is 2. The average Bonchev–Trinajstić information content (AvgIpc) is 2.77. The maximum Gasteiger partial charge on any atom is 0.306 e. The van der Waals surface area contributed by atoms with Gasteiger partial charge in [0.1, 0.15) is 5.82 Å². The third kappa shape index (κ3) is 2.52. The molecule has 2 rings (SSSR count). The monoisotopic (exact) mass is 236 g/mol. The highest BCUT2D eigenvalue weighted by Gasteiger charge is 2.34. The Morgan fingerprint density at radius 2 is 1.94 bits per heavy atom. The molecule has 2 atom stereocenters. The van der Waals surface area contributed by atoms with Crippen molar-refractivity contribution in [2.45, 2.75) is 19.3 Å². The molecular formula is C13H13FO3. The van der Waals surface area contributed by atoms with Gasteiger partial charge in [-0.1, -0.05) is 12.1 Å². The van der Waals surface area contributed by atoms with E-state index in [4.69, 9.17) is 5.11 Å². The molecule has 4 heteroatoms. The van der Waals surface area contributed by atoms with Crippen LogP contribution in [0.3, 0.4) is 0 Å². The maximum atomic E-state index is 13.0. The lowest BCUT2D eigenvalue weighted by molar-refractivity contribution is -0.141. The minimum Gasteiger partial charge on any atom is -0.481 e. The minimum atomic E-state index is -0.848. The van der Waals surface area contributed by atoms with Crippen molar-refractivity contribution in [2.75, 3.05) is 0 Å². The number of carboxylic acids is 1. The molecule has 0 radical (unpaired) electrons. The molecule has 0 saturated heterocycles. The second-order valence-corrected chi connectivity index (χ2v) is 4.42. The van der Waals surface area contributed by atoms with Crippen LogP contribution in [0, 0.1) is 17.7 Å². The van der Waals surface area contributed by atoms with Crippen molar-refractivity contribution in [3.8, 4) is 0 Å². The van der Waals surface area contributed by atoms with Crippen LogP contribution in [0.5, 0.6) is 0 Å². The SMILES string of the molecule is O=C(O)C1CCC(C(=O)c2cccc(F)c2)C1. The predicted octanol–water partition coefficient (Wildman–Crippen LogP) is 2.51. The van der Waals surface area contributed by atoms with Gasteiger partial charge in [0.15, 0.2) is 5.78 Å². The second-order valence-electron chi connectivity index (χ2n) is 4.42. The van der Waals surface area contributed by atoms with Crippen molar-refractivity contribution in [3.05, 3.63) is 35.6 Å². The van der Waals surface area contributed by atoms with Gasteiger partial charge in [0.25, 0.3) is 0 Å². The highest BCUT2D eigenvalue weighted by molar-refractivity contribution is 5.98. The molecule has 1 aromatic carbocycles. The van der Waals surface area contributed by atoms with Gasteiger partial charge in [0, 0.05) is 11.5 Å². The quantitative estimate of drug-likeness (QED) is 0.820. The molecular weight excluding hydrogens is 223 g/mol. The number of Topliss-reactive ketones (excluding diaryl/α,β-unsaturated/α-hetero) is 1. The van der Waals surface area contributed by atoms with E-state index in [0.29, 0.717) is 24.8 Å². The minimum absolute atomic E-state index is 0.145. The molecule has 1 aromatic rings. The summed E-state index contributed by atoms with van der Waals surface area (Å²) in [6.45, 7) is 0. The van der Waals surface area contributed by atoms with E-state index in [0.717, 1.165) is 0 Å². The van der Waals surface area contributed by atoms with Gasteiger partial charge in [-0.15, -0.1) is 0 Å². The lowest BCUT2D eigenvalue weighted by Gasteiger charge is -2.08. The first kappa shape index (κ1) is 11.8. The molecule has 90 valence electrons. The Morgan fingerprint density at radius 3 is 2.53 bits per heavy atom. The number of hydrogen-bond donors (Lipinski definition) is 1. The summed E-state index contributed by atoms with van der Waals surface area (Å²) in [7, 11) is 0. The third-order valence-corrected chi connectivity index (χ3v) is 3.26. The van der Waals surface area contributed by atoms with Crippen molar-refractivity contribution in [2.24, 2.45) is 11.8 Å². The largest absolute Gasteiger partial charge is 0.481 e. The number of benzene rings is 1. The zero-order valence-corrected chi connectivity index (χ0v) is 9.23. The maximum absolute atomic E-state index is 13.0. The molecule has 1 aliphatic carbocycles. The predicted molar refractivity (Wildman–Crippen MR) is 59.2 cm³/mol. The van der Waals surface area contributed by atoms with Gasteiger partial charge in [-0.25, -0.2) is 4.39 Å². The van der Waals surface area contributed by atoms with Crippen LogP contribution in [-0.4, -0.2) is 16.9 Å². The number of aliphatic carboxylic acids is 1. The van der Waals surface area contributed by atoms with Crippen molar-refractivity contribution in [1.82, 2.24) is 0 Å². The summed E-state index contributed by atoms with van der Waals surface area (Å²) < 4.78 is 13.0. The average molecular weight is 236 g/mol.